The average Bonchev–Trinajstić information content (AvgIpc) is 2.52. The first-order chi connectivity index (χ1) is 11.2. The molecular weight excluding hydrogens is 325 g/mol. The van der Waals surface area contributed by atoms with Crippen LogP contribution in [0.1, 0.15) is 31.9 Å². The summed E-state index contributed by atoms with van der Waals surface area (Å²) in [5.74, 6) is 5.17. The molecule has 0 amide bonds. The van der Waals surface area contributed by atoms with Gasteiger partial charge in [0.1, 0.15) is 5.82 Å². The quantitative estimate of drug-likeness (QED) is 0.866. The SMILES string of the molecule is CC(C)(C)c1ccc(S(=O)(=O)NCC#Cc2ccc(F)cc2)cc1. The van der Waals surface area contributed by atoms with Gasteiger partial charge in [0.15, 0.2) is 0 Å². The first-order valence-electron chi connectivity index (χ1n) is 7.53. The van der Waals surface area contributed by atoms with Crippen LogP contribution in [0.5, 0.6) is 0 Å². The van der Waals surface area contributed by atoms with Crippen molar-refractivity contribution in [2.24, 2.45) is 0 Å². The highest BCUT2D eigenvalue weighted by Gasteiger charge is 2.16. The molecule has 0 aliphatic heterocycles. The maximum Gasteiger partial charge on any atom is 0.241 e. The lowest BCUT2D eigenvalue weighted by molar-refractivity contribution is 0.581. The molecule has 0 aliphatic rings. The van der Waals surface area contributed by atoms with Crippen molar-refractivity contribution < 1.29 is 12.8 Å². The zero-order valence-corrected chi connectivity index (χ0v) is 14.7. The maximum atomic E-state index is 12.8. The first kappa shape index (κ1) is 18.2. The number of rotatable bonds is 3. The summed E-state index contributed by atoms with van der Waals surface area (Å²) >= 11 is 0. The van der Waals surface area contributed by atoms with Gasteiger partial charge >= 0.3 is 0 Å². The summed E-state index contributed by atoms with van der Waals surface area (Å²) in [6.07, 6.45) is 0. The molecule has 0 spiro atoms. The van der Waals surface area contributed by atoms with E-state index in [-0.39, 0.29) is 22.7 Å². The maximum absolute atomic E-state index is 12.8. The van der Waals surface area contributed by atoms with Crippen molar-refractivity contribution in [1.29, 1.82) is 0 Å². The number of benzene rings is 2. The minimum absolute atomic E-state index is 0.0132. The summed E-state index contributed by atoms with van der Waals surface area (Å²) < 4.78 is 39.7. The fourth-order valence-corrected chi connectivity index (χ4v) is 2.95. The predicted octanol–water partition coefficient (Wildman–Crippen LogP) is 3.45. The van der Waals surface area contributed by atoms with E-state index in [4.69, 9.17) is 0 Å². The van der Waals surface area contributed by atoms with Crippen LogP contribution in [0.4, 0.5) is 4.39 Å². The van der Waals surface area contributed by atoms with E-state index in [1.165, 1.54) is 12.1 Å². The molecule has 5 heteroatoms. The highest BCUT2D eigenvalue weighted by Crippen LogP contribution is 2.23. The van der Waals surface area contributed by atoms with E-state index >= 15 is 0 Å². The van der Waals surface area contributed by atoms with Crippen molar-refractivity contribution in [3.05, 3.63) is 65.5 Å². The van der Waals surface area contributed by atoms with Crippen LogP contribution in [0.2, 0.25) is 0 Å². The fourth-order valence-electron chi connectivity index (χ4n) is 2.03. The van der Waals surface area contributed by atoms with Crippen LogP contribution in [-0.4, -0.2) is 15.0 Å². The van der Waals surface area contributed by atoms with Gasteiger partial charge in [0.2, 0.25) is 10.0 Å². The zero-order valence-electron chi connectivity index (χ0n) is 13.9. The number of hydrogen-bond donors (Lipinski definition) is 1. The minimum Gasteiger partial charge on any atom is -0.207 e. The van der Waals surface area contributed by atoms with Crippen molar-refractivity contribution in [3.63, 3.8) is 0 Å². The van der Waals surface area contributed by atoms with Crippen LogP contribution in [0, 0.1) is 17.7 Å². The van der Waals surface area contributed by atoms with Crippen molar-refractivity contribution >= 4 is 10.0 Å². The Labute approximate surface area is 143 Å². The number of halogens is 1. The van der Waals surface area contributed by atoms with Crippen LogP contribution in [0.25, 0.3) is 0 Å². The molecule has 0 unspecified atom stereocenters. The molecule has 1 N–H and O–H groups in total. The molecule has 0 aromatic heterocycles. The summed E-state index contributed by atoms with van der Waals surface area (Å²) in [4.78, 5) is 0.207. The largest absolute Gasteiger partial charge is 0.241 e. The Kier molecular flexibility index (Phi) is 5.43. The molecular formula is C19H20FNO2S. The van der Waals surface area contributed by atoms with Crippen molar-refractivity contribution in [2.75, 3.05) is 6.54 Å². The molecule has 0 fully saturated rings. The van der Waals surface area contributed by atoms with Crippen LogP contribution in [0.15, 0.2) is 53.4 Å². The second kappa shape index (κ2) is 7.16. The van der Waals surface area contributed by atoms with E-state index in [1.807, 2.05) is 12.1 Å². The van der Waals surface area contributed by atoms with Crippen LogP contribution < -0.4 is 4.72 Å². The number of sulfonamides is 1. The van der Waals surface area contributed by atoms with Crippen LogP contribution in [0.3, 0.4) is 0 Å². The molecule has 24 heavy (non-hydrogen) atoms. The van der Waals surface area contributed by atoms with Crippen molar-refractivity contribution in [2.45, 2.75) is 31.1 Å². The van der Waals surface area contributed by atoms with E-state index in [0.717, 1.165) is 5.56 Å². The van der Waals surface area contributed by atoms with Gasteiger partial charge in [-0.05, 0) is 47.4 Å². The van der Waals surface area contributed by atoms with Gasteiger partial charge in [-0.15, -0.1) is 0 Å². The van der Waals surface area contributed by atoms with Gasteiger partial charge in [-0.1, -0.05) is 44.7 Å². The highest BCUT2D eigenvalue weighted by molar-refractivity contribution is 7.89. The lowest BCUT2D eigenvalue weighted by Gasteiger charge is -2.19. The Morgan fingerprint density at radius 1 is 1.00 bits per heavy atom. The summed E-state index contributed by atoms with van der Waals surface area (Å²) in [5, 5.41) is 0. The van der Waals surface area contributed by atoms with Gasteiger partial charge < -0.3 is 0 Å². The van der Waals surface area contributed by atoms with Gasteiger partial charge in [0.05, 0.1) is 11.4 Å². The van der Waals surface area contributed by atoms with Gasteiger partial charge in [-0.2, -0.15) is 4.72 Å². The second-order valence-electron chi connectivity index (χ2n) is 6.41. The molecule has 0 bridgehead atoms. The van der Waals surface area contributed by atoms with E-state index in [2.05, 4.69) is 37.3 Å². The third kappa shape index (κ3) is 4.92. The average molecular weight is 345 g/mol. The molecule has 0 radical (unpaired) electrons. The Morgan fingerprint density at radius 2 is 1.58 bits per heavy atom. The van der Waals surface area contributed by atoms with E-state index in [0.29, 0.717) is 5.56 Å². The van der Waals surface area contributed by atoms with E-state index in [1.54, 1.807) is 24.3 Å². The van der Waals surface area contributed by atoms with Gasteiger partial charge in [-0.25, -0.2) is 12.8 Å². The van der Waals surface area contributed by atoms with Crippen LogP contribution in [-0.2, 0) is 15.4 Å². The smallest absolute Gasteiger partial charge is 0.207 e. The third-order valence-corrected chi connectivity index (χ3v) is 4.88. The Hall–Kier alpha value is -2.16. The third-order valence-electron chi connectivity index (χ3n) is 3.46. The molecule has 2 rings (SSSR count). The predicted molar refractivity (Wildman–Crippen MR) is 93.6 cm³/mol. The molecule has 0 saturated heterocycles. The monoisotopic (exact) mass is 345 g/mol. The highest BCUT2D eigenvalue weighted by atomic mass is 32.2. The van der Waals surface area contributed by atoms with E-state index in [9.17, 15) is 12.8 Å². The summed E-state index contributed by atoms with van der Waals surface area (Å²) in [5.41, 5.74) is 1.67. The molecule has 2 aromatic carbocycles. The van der Waals surface area contributed by atoms with Gasteiger partial charge in [0, 0.05) is 5.56 Å². The fraction of sp³-hybridized carbons (Fsp3) is 0.263. The summed E-state index contributed by atoms with van der Waals surface area (Å²) in [6, 6.07) is 12.5. The molecule has 3 nitrogen and oxygen atoms in total. The molecule has 0 saturated carbocycles. The molecule has 0 aliphatic carbocycles. The zero-order chi connectivity index (χ0) is 17.8. The first-order valence-corrected chi connectivity index (χ1v) is 9.01. The normalized spacial score (nSPS) is 11.7. The molecule has 126 valence electrons. The number of hydrogen-bond acceptors (Lipinski definition) is 2. The standard InChI is InChI=1S/C19H20FNO2S/c1-19(2,3)16-8-12-18(13-9-16)24(22,23)21-14-4-5-15-6-10-17(20)11-7-15/h6-13,21H,14H2,1-3H3. The minimum atomic E-state index is -3.60. The van der Waals surface area contributed by atoms with Crippen molar-refractivity contribution in [3.8, 4) is 11.8 Å². The van der Waals surface area contributed by atoms with Crippen molar-refractivity contribution in [1.82, 2.24) is 4.72 Å². The Bertz CT molecular complexity index is 853. The van der Waals surface area contributed by atoms with E-state index < -0.39 is 10.0 Å². The molecule has 2 aromatic rings. The topological polar surface area (TPSA) is 46.2 Å². The summed E-state index contributed by atoms with van der Waals surface area (Å²) in [7, 11) is -3.60. The second-order valence-corrected chi connectivity index (χ2v) is 8.17. The molecule has 0 atom stereocenters. The lowest BCUT2D eigenvalue weighted by Crippen LogP contribution is -2.24. The summed E-state index contributed by atoms with van der Waals surface area (Å²) in [6.45, 7) is 6.19. The molecule has 0 heterocycles. The Morgan fingerprint density at radius 3 is 2.12 bits per heavy atom. The Balaban J connectivity index is 2.03. The van der Waals surface area contributed by atoms with Gasteiger partial charge in [-0.3, -0.25) is 0 Å². The van der Waals surface area contributed by atoms with Crippen LogP contribution >= 0.6 is 0 Å². The number of nitrogens with one attached hydrogen (secondary N) is 1. The van der Waals surface area contributed by atoms with Gasteiger partial charge in [0.25, 0.3) is 0 Å². The lowest BCUT2D eigenvalue weighted by atomic mass is 9.87.